The molecule has 0 unspecified atom stereocenters. The van der Waals surface area contributed by atoms with Crippen molar-refractivity contribution in [2.75, 3.05) is 7.05 Å². The molecule has 0 aromatic heterocycles. The molecule has 90 valence electrons. The molecule has 0 atom stereocenters. The number of amides is 1. The van der Waals surface area contributed by atoms with Gasteiger partial charge in [-0.3, -0.25) is 4.79 Å². The second kappa shape index (κ2) is 5.30. The van der Waals surface area contributed by atoms with E-state index in [1.54, 1.807) is 25.2 Å². The van der Waals surface area contributed by atoms with Gasteiger partial charge in [-0.05, 0) is 18.2 Å². The molecule has 1 heterocycles. The average molecular weight is 233 g/mol. The maximum absolute atomic E-state index is 11.3. The molecule has 4 nitrogen and oxygen atoms in total. The fourth-order valence-electron chi connectivity index (χ4n) is 1.46. The third kappa shape index (κ3) is 2.36. The van der Waals surface area contributed by atoms with Crippen LogP contribution < -0.4 is 5.32 Å². The van der Waals surface area contributed by atoms with Gasteiger partial charge in [0.2, 0.25) is 0 Å². The van der Waals surface area contributed by atoms with E-state index >= 15 is 0 Å². The smallest absolute Gasteiger partial charge is 0.344 e. The predicted octanol–water partition coefficient (Wildman–Crippen LogP) is 2.21. The van der Waals surface area contributed by atoms with E-state index in [9.17, 15) is 9.59 Å². The molecule has 1 aromatic rings. The van der Waals surface area contributed by atoms with Crippen LogP contribution in [0.3, 0.4) is 0 Å². The molecule has 0 fully saturated rings. The van der Waals surface area contributed by atoms with Gasteiger partial charge in [0.15, 0.2) is 0 Å². The molecule has 0 aliphatic carbocycles. The van der Waals surface area contributed by atoms with Gasteiger partial charge in [-0.25, -0.2) is 4.79 Å². The number of carbonyl (C=O) groups excluding carboxylic acids is 2. The predicted molar refractivity (Wildman–Crippen MR) is 65.6 cm³/mol. The lowest BCUT2D eigenvalue weighted by molar-refractivity contribution is 0.0716. The van der Waals surface area contributed by atoms with Crippen LogP contribution in [0.2, 0.25) is 0 Å². The molecule has 4 heteroatoms. The zero-order valence-corrected chi connectivity index (χ0v) is 10.2. The van der Waals surface area contributed by atoms with Gasteiger partial charge >= 0.3 is 5.97 Å². The molecule has 1 aromatic carbocycles. The lowest BCUT2D eigenvalue weighted by Gasteiger charge is -2.01. The molecule has 17 heavy (non-hydrogen) atoms. The van der Waals surface area contributed by atoms with Crippen LogP contribution in [0.25, 0.3) is 5.76 Å². The van der Waals surface area contributed by atoms with E-state index < -0.39 is 5.97 Å². The summed E-state index contributed by atoms with van der Waals surface area (Å²) in [7, 11) is 1.55. The molecule has 0 saturated heterocycles. The second-order valence-corrected chi connectivity index (χ2v) is 3.15. The van der Waals surface area contributed by atoms with Crippen LogP contribution in [0.5, 0.6) is 0 Å². The zero-order chi connectivity index (χ0) is 13.0. The standard InChI is InChI=1S/C11H9NO3.C2H6/c1-6-9-5-7(10(13)12-2)3-4-8(9)11(14)15-6;1-2/h3-5H,1H2,2H3,(H,12,13);1-2H3. The Morgan fingerprint density at radius 3 is 2.53 bits per heavy atom. The molecule has 0 saturated carbocycles. The van der Waals surface area contributed by atoms with Crippen molar-refractivity contribution in [1.82, 2.24) is 5.32 Å². The number of benzene rings is 1. The minimum absolute atomic E-state index is 0.204. The minimum Gasteiger partial charge on any atom is -0.423 e. The van der Waals surface area contributed by atoms with Crippen molar-refractivity contribution >= 4 is 17.6 Å². The first kappa shape index (κ1) is 13.0. The molecule has 2 rings (SSSR count). The van der Waals surface area contributed by atoms with E-state index in [-0.39, 0.29) is 5.91 Å². The van der Waals surface area contributed by atoms with Crippen molar-refractivity contribution < 1.29 is 14.3 Å². The molecule has 0 spiro atoms. The lowest BCUT2D eigenvalue weighted by Crippen LogP contribution is -2.17. The summed E-state index contributed by atoms with van der Waals surface area (Å²) in [6.45, 7) is 7.60. The van der Waals surface area contributed by atoms with Gasteiger partial charge in [0.05, 0.1) is 5.56 Å². The van der Waals surface area contributed by atoms with Gasteiger partial charge < -0.3 is 10.1 Å². The van der Waals surface area contributed by atoms with Crippen molar-refractivity contribution in [3.05, 3.63) is 41.5 Å². The van der Waals surface area contributed by atoms with Crippen LogP contribution in [-0.4, -0.2) is 18.9 Å². The third-order valence-electron chi connectivity index (χ3n) is 2.25. The number of nitrogens with one attached hydrogen (secondary N) is 1. The van der Waals surface area contributed by atoms with Gasteiger partial charge in [0.25, 0.3) is 5.91 Å². The summed E-state index contributed by atoms with van der Waals surface area (Å²) in [5.74, 6) is -0.329. The van der Waals surface area contributed by atoms with Crippen LogP contribution in [0, 0.1) is 0 Å². The van der Waals surface area contributed by atoms with E-state index in [4.69, 9.17) is 4.74 Å². The Hall–Kier alpha value is -2.10. The van der Waals surface area contributed by atoms with Crippen LogP contribution in [0.1, 0.15) is 40.1 Å². The number of hydrogen-bond acceptors (Lipinski definition) is 3. The highest BCUT2D eigenvalue weighted by molar-refractivity contribution is 6.04. The Bertz CT molecular complexity index is 478. The normalized spacial score (nSPS) is 12.2. The number of rotatable bonds is 1. The topological polar surface area (TPSA) is 55.4 Å². The number of fused-ring (bicyclic) bond motifs is 1. The van der Waals surface area contributed by atoms with Crippen molar-refractivity contribution in [2.45, 2.75) is 13.8 Å². The van der Waals surface area contributed by atoms with Crippen molar-refractivity contribution in [2.24, 2.45) is 0 Å². The molecule has 1 aliphatic heterocycles. The Morgan fingerprint density at radius 2 is 1.94 bits per heavy atom. The Balaban J connectivity index is 0.000000686. The average Bonchev–Trinajstić information content (AvgIpc) is 2.66. The Kier molecular flexibility index (Phi) is 4.04. The third-order valence-corrected chi connectivity index (χ3v) is 2.25. The molecule has 1 amide bonds. The van der Waals surface area contributed by atoms with Crippen LogP contribution in [-0.2, 0) is 4.74 Å². The summed E-state index contributed by atoms with van der Waals surface area (Å²) in [5, 5.41) is 2.50. The summed E-state index contributed by atoms with van der Waals surface area (Å²) < 4.78 is 4.83. The summed E-state index contributed by atoms with van der Waals surface area (Å²) in [6.07, 6.45) is 0. The maximum Gasteiger partial charge on any atom is 0.344 e. The highest BCUT2D eigenvalue weighted by Crippen LogP contribution is 2.28. The van der Waals surface area contributed by atoms with Gasteiger partial charge in [0, 0.05) is 18.2 Å². The van der Waals surface area contributed by atoms with E-state index in [1.807, 2.05) is 13.8 Å². The summed E-state index contributed by atoms with van der Waals surface area (Å²) >= 11 is 0. The number of esters is 1. The summed E-state index contributed by atoms with van der Waals surface area (Å²) in [6, 6.07) is 4.75. The second-order valence-electron chi connectivity index (χ2n) is 3.15. The number of carbonyl (C=O) groups is 2. The first-order valence-corrected chi connectivity index (χ1v) is 5.41. The SMILES string of the molecule is C=C1OC(=O)c2ccc(C(=O)NC)cc21.CC. The highest BCUT2D eigenvalue weighted by atomic mass is 16.5. The van der Waals surface area contributed by atoms with E-state index in [1.165, 1.54) is 0 Å². The summed E-state index contributed by atoms with van der Waals surface area (Å²) in [4.78, 5) is 22.6. The van der Waals surface area contributed by atoms with Crippen molar-refractivity contribution in [1.29, 1.82) is 0 Å². The van der Waals surface area contributed by atoms with Crippen molar-refractivity contribution in [3.63, 3.8) is 0 Å². The largest absolute Gasteiger partial charge is 0.423 e. The van der Waals surface area contributed by atoms with Gasteiger partial charge in [-0.1, -0.05) is 20.4 Å². The number of ether oxygens (including phenoxy) is 1. The molecule has 1 aliphatic rings. The van der Waals surface area contributed by atoms with Crippen molar-refractivity contribution in [3.8, 4) is 0 Å². The van der Waals surface area contributed by atoms with Crippen LogP contribution in [0.4, 0.5) is 0 Å². The van der Waals surface area contributed by atoms with Gasteiger partial charge in [-0.2, -0.15) is 0 Å². The van der Waals surface area contributed by atoms with E-state index in [2.05, 4.69) is 11.9 Å². The Morgan fingerprint density at radius 1 is 1.29 bits per heavy atom. The van der Waals surface area contributed by atoms with E-state index in [0.29, 0.717) is 22.4 Å². The molecular weight excluding hydrogens is 218 g/mol. The quantitative estimate of drug-likeness (QED) is 0.757. The van der Waals surface area contributed by atoms with Gasteiger partial charge in [-0.15, -0.1) is 0 Å². The molecule has 1 N–H and O–H groups in total. The van der Waals surface area contributed by atoms with Crippen LogP contribution in [0.15, 0.2) is 24.8 Å². The van der Waals surface area contributed by atoms with Crippen LogP contribution >= 0.6 is 0 Å². The maximum atomic E-state index is 11.3. The van der Waals surface area contributed by atoms with E-state index in [0.717, 1.165) is 0 Å². The highest BCUT2D eigenvalue weighted by Gasteiger charge is 2.25. The lowest BCUT2D eigenvalue weighted by atomic mass is 10.0. The first-order chi connectivity index (χ1) is 8.13. The van der Waals surface area contributed by atoms with Gasteiger partial charge in [0.1, 0.15) is 5.76 Å². The summed E-state index contributed by atoms with van der Waals surface area (Å²) in [5.41, 5.74) is 1.52. The Labute approximate surface area is 100 Å². The monoisotopic (exact) mass is 233 g/mol. The first-order valence-electron chi connectivity index (χ1n) is 5.41. The zero-order valence-electron chi connectivity index (χ0n) is 10.2. The molecule has 0 bridgehead atoms. The number of cyclic esters (lactones) is 1. The number of hydrogen-bond donors (Lipinski definition) is 1. The fourth-order valence-corrected chi connectivity index (χ4v) is 1.46. The minimum atomic E-state index is -0.418. The fraction of sp³-hybridized carbons (Fsp3) is 0.231. The molecule has 0 radical (unpaired) electrons. The molecular formula is C13H15NO3.